The predicted octanol–water partition coefficient (Wildman–Crippen LogP) is 2.89. The van der Waals surface area contributed by atoms with Gasteiger partial charge >= 0.3 is 6.18 Å². The van der Waals surface area contributed by atoms with Crippen molar-refractivity contribution in [1.29, 1.82) is 0 Å². The van der Waals surface area contributed by atoms with Gasteiger partial charge in [-0.25, -0.2) is 9.67 Å². The van der Waals surface area contributed by atoms with Gasteiger partial charge in [-0.3, -0.25) is 0 Å². The van der Waals surface area contributed by atoms with E-state index >= 15 is 0 Å². The van der Waals surface area contributed by atoms with Crippen molar-refractivity contribution in [3.8, 4) is 0 Å². The molecule has 0 amide bonds. The molecule has 0 bridgehead atoms. The van der Waals surface area contributed by atoms with E-state index in [1.165, 1.54) is 12.1 Å². The Morgan fingerprint density at radius 1 is 1.05 bits per heavy atom. The zero-order valence-corrected chi connectivity index (χ0v) is 10.2. The van der Waals surface area contributed by atoms with Crippen molar-refractivity contribution in [1.82, 2.24) is 20.0 Å². The van der Waals surface area contributed by atoms with E-state index < -0.39 is 11.7 Å². The molecular formula is C13H9F3N4. The van der Waals surface area contributed by atoms with Gasteiger partial charge in [-0.15, -0.1) is 5.10 Å². The molecule has 0 N–H and O–H groups in total. The van der Waals surface area contributed by atoms with Crippen LogP contribution in [-0.2, 0) is 12.7 Å². The smallest absolute Gasteiger partial charge is 0.235 e. The summed E-state index contributed by atoms with van der Waals surface area (Å²) < 4.78 is 39.0. The normalized spacial score (nSPS) is 11.9. The number of alkyl halides is 3. The van der Waals surface area contributed by atoms with Gasteiger partial charge < -0.3 is 0 Å². The van der Waals surface area contributed by atoms with Gasteiger partial charge in [0.25, 0.3) is 0 Å². The molecule has 0 atom stereocenters. The lowest BCUT2D eigenvalue weighted by atomic mass is 10.1. The summed E-state index contributed by atoms with van der Waals surface area (Å²) in [7, 11) is 0. The number of aromatic nitrogens is 4. The lowest BCUT2D eigenvalue weighted by Crippen LogP contribution is -2.06. The van der Waals surface area contributed by atoms with E-state index in [1.54, 1.807) is 23.0 Å². The first-order chi connectivity index (χ1) is 9.54. The minimum Gasteiger partial charge on any atom is -0.235 e. The average molecular weight is 278 g/mol. The van der Waals surface area contributed by atoms with Gasteiger partial charge in [-0.2, -0.15) is 13.2 Å². The number of halogens is 3. The molecule has 0 aliphatic rings. The maximum Gasteiger partial charge on any atom is 0.416 e. The molecule has 102 valence electrons. The second kappa shape index (κ2) is 4.59. The van der Waals surface area contributed by atoms with Crippen molar-refractivity contribution in [2.24, 2.45) is 0 Å². The standard InChI is InChI=1S/C13H9F3N4/c14-13(15,16)10-5-3-9(4-6-10)8-20-12-11(18-19-20)2-1-7-17-12/h1-7H,8H2. The number of fused-ring (bicyclic) bond motifs is 1. The van der Waals surface area contributed by atoms with Crippen LogP contribution in [0.25, 0.3) is 11.2 Å². The highest BCUT2D eigenvalue weighted by atomic mass is 19.4. The first-order valence-corrected chi connectivity index (χ1v) is 5.84. The number of hydrogen-bond donors (Lipinski definition) is 0. The van der Waals surface area contributed by atoms with Crippen LogP contribution in [-0.4, -0.2) is 20.0 Å². The number of rotatable bonds is 2. The van der Waals surface area contributed by atoms with Crippen LogP contribution in [0.2, 0.25) is 0 Å². The Kier molecular flexibility index (Phi) is 2.89. The van der Waals surface area contributed by atoms with Gasteiger partial charge in [0.05, 0.1) is 12.1 Å². The number of hydrogen-bond acceptors (Lipinski definition) is 3. The predicted molar refractivity (Wildman–Crippen MR) is 65.9 cm³/mol. The lowest BCUT2D eigenvalue weighted by Gasteiger charge is -2.07. The maximum absolute atomic E-state index is 12.5. The second-order valence-corrected chi connectivity index (χ2v) is 4.29. The van der Waals surface area contributed by atoms with E-state index in [0.717, 1.165) is 12.1 Å². The third-order valence-electron chi connectivity index (χ3n) is 2.88. The fraction of sp³-hybridized carbons (Fsp3) is 0.154. The fourth-order valence-corrected chi connectivity index (χ4v) is 1.89. The molecule has 20 heavy (non-hydrogen) atoms. The van der Waals surface area contributed by atoms with Crippen LogP contribution in [0.4, 0.5) is 13.2 Å². The van der Waals surface area contributed by atoms with Crippen molar-refractivity contribution >= 4 is 11.2 Å². The Bertz CT molecular complexity index is 731. The highest BCUT2D eigenvalue weighted by Gasteiger charge is 2.29. The van der Waals surface area contributed by atoms with Crippen LogP contribution in [0.5, 0.6) is 0 Å². The van der Waals surface area contributed by atoms with Crippen molar-refractivity contribution in [2.75, 3.05) is 0 Å². The molecule has 0 spiro atoms. The van der Waals surface area contributed by atoms with Crippen LogP contribution in [0.1, 0.15) is 11.1 Å². The SMILES string of the molecule is FC(F)(F)c1ccc(Cn2nnc3cccnc32)cc1. The van der Waals surface area contributed by atoms with Crippen LogP contribution in [0.3, 0.4) is 0 Å². The van der Waals surface area contributed by atoms with E-state index in [-0.39, 0.29) is 0 Å². The van der Waals surface area contributed by atoms with E-state index in [9.17, 15) is 13.2 Å². The minimum atomic E-state index is -4.32. The van der Waals surface area contributed by atoms with Crippen molar-refractivity contribution in [3.05, 3.63) is 53.7 Å². The fourth-order valence-electron chi connectivity index (χ4n) is 1.89. The van der Waals surface area contributed by atoms with Gasteiger partial charge in [-0.05, 0) is 29.8 Å². The Morgan fingerprint density at radius 2 is 1.80 bits per heavy atom. The highest BCUT2D eigenvalue weighted by Crippen LogP contribution is 2.29. The highest BCUT2D eigenvalue weighted by molar-refractivity contribution is 5.68. The summed E-state index contributed by atoms with van der Waals surface area (Å²) in [5, 5.41) is 7.89. The first kappa shape index (κ1) is 12.6. The summed E-state index contributed by atoms with van der Waals surface area (Å²) in [5.41, 5.74) is 1.30. The molecule has 1 aromatic carbocycles. The number of pyridine rings is 1. The van der Waals surface area contributed by atoms with Gasteiger partial charge in [0.1, 0.15) is 5.52 Å². The summed E-state index contributed by atoms with van der Waals surface area (Å²) in [5.74, 6) is 0. The molecule has 0 aliphatic carbocycles. The maximum atomic E-state index is 12.5. The Labute approximate surface area is 111 Å². The number of nitrogens with zero attached hydrogens (tertiary/aromatic N) is 4. The molecule has 0 saturated heterocycles. The molecule has 0 saturated carbocycles. The van der Waals surface area contributed by atoms with E-state index in [0.29, 0.717) is 23.3 Å². The largest absolute Gasteiger partial charge is 0.416 e. The quantitative estimate of drug-likeness (QED) is 0.724. The molecule has 3 aromatic rings. The molecule has 0 aliphatic heterocycles. The van der Waals surface area contributed by atoms with E-state index in [2.05, 4.69) is 15.3 Å². The first-order valence-electron chi connectivity index (χ1n) is 5.84. The van der Waals surface area contributed by atoms with E-state index in [1.807, 2.05) is 0 Å². The summed E-state index contributed by atoms with van der Waals surface area (Å²) in [4.78, 5) is 4.15. The summed E-state index contributed by atoms with van der Waals surface area (Å²) in [6.07, 6.45) is -2.70. The zero-order chi connectivity index (χ0) is 14.2. The van der Waals surface area contributed by atoms with Gasteiger partial charge in [-0.1, -0.05) is 17.3 Å². The third kappa shape index (κ3) is 2.34. The second-order valence-electron chi connectivity index (χ2n) is 4.29. The van der Waals surface area contributed by atoms with Gasteiger partial charge in [0.15, 0.2) is 5.65 Å². The molecule has 0 unspecified atom stereocenters. The van der Waals surface area contributed by atoms with Crippen LogP contribution in [0, 0.1) is 0 Å². The molecule has 3 rings (SSSR count). The van der Waals surface area contributed by atoms with Crippen molar-refractivity contribution in [2.45, 2.75) is 12.7 Å². The minimum absolute atomic E-state index is 0.325. The monoisotopic (exact) mass is 278 g/mol. The average Bonchev–Trinajstić information content (AvgIpc) is 2.82. The molecular weight excluding hydrogens is 269 g/mol. The molecule has 7 heteroatoms. The molecule has 0 fully saturated rings. The number of benzene rings is 1. The van der Waals surface area contributed by atoms with Crippen molar-refractivity contribution < 1.29 is 13.2 Å². The van der Waals surface area contributed by atoms with E-state index in [4.69, 9.17) is 0 Å². The van der Waals surface area contributed by atoms with Crippen molar-refractivity contribution in [3.63, 3.8) is 0 Å². The molecule has 4 nitrogen and oxygen atoms in total. The van der Waals surface area contributed by atoms with Gasteiger partial charge in [0.2, 0.25) is 0 Å². The Hall–Kier alpha value is -2.44. The third-order valence-corrected chi connectivity index (χ3v) is 2.88. The Balaban J connectivity index is 1.88. The van der Waals surface area contributed by atoms with Crippen LogP contribution < -0.4 is 0 Å². The van der Waals surface area contributed by atoms with Crippen LogP contribution in [0.15, 0.2) is 42.6 Å². The topological polar surface area (TPSA) is 43.6 Å². The molecule has 2 aromatic heterocycles. The van der Waals surface area contributed by atoms with Gasteiger partial charge in [0, 0.05) is 6.20 Å². The Morgan fingerprint density at radius 3 is 2.50 bits per heavy atom. The van der Waals surface area contributed by atoms with Crippen LogP contribution >= 0.6 is 0 Å². The summed E-state index contributed by atoms with van der Waals surface area (Å²) in [6.45, 7) is 0.325. The summed E-state index contributed by atoms with van der Waals surface area (Å²) in [6, 6.07) is 8.50. The zero-order valence-electron chi connectivity index (χ0n) is 10.2. The molecule has 0 radical (unpaired) electrons. The summed E-state index contributed by atoms with van der Waals surface area (Å²) >= 11 is 0. The lowest BCUT2D eigenvalue weighted by molar-refractivity contribution is -0.137. The molecule has 2 heterocycles.